The SMILES string of the molecule is CNCC1CCN(c2cc(F)cc([N+](=O)[O-])c2)C1. The predicted molar refractivity (Wildman–Crippen MR) is 67.3 cm³/mol. The molecular weight excluding hydrogens is 237 g/mol. The van der Waals surface area contributed by atoms with Crippen LogP contribution in [-0.2, 0) is 0 Å². The smallest absolute Gasteiger partial charge is 0.274 e. The number of anilines is 1. The molecule has 18 heavy (non-hydrogen) atoms. The summed E-state index contributed by atoms with van der Waals surface area (Å²) in [5.74, 6) is -0.0476. The van der Waals surface area contributed by atoms with Gasteiger partial charge in [0.15, 0.2) is 0 Å². The lowest BCUT2D eigenvalue weighted by molar-refractivity contribution is -0.385. The summed E-state index contributed by atoms with van der Waals surface area (Å²) in [7, 11) is 1.90. The molecule has 0 aromatic heterocycles. The second-order valence-electron chi connectivity index (χ2n) is 4.58. The van der Waals surface area contributed by atoms with Crippen LogP contribution in [0.15, 0.2) is 18.2 Å². The van der Waals surface area contributed by atoms with E-state index >= 15 is 0 Å². The molecular formula is C12H16FN3O2. The summed E-state index contributed by atoms with van der Waals surface area (Å²) in [6, 6.07) is 3.74. The van der Waals surface area contributed by atoms with Crippen LogP contribution in [0.25, 0.3) is 0 Å². The summed E-state index contributed by atoms with van der Waals surface area (Å²) in [4.78, 5) is 12.1. The lowest BCUT2D eigenvalue weighted by Crippen LogP contribution is -2.24. The molecule has 0 amide bonds. The average molecular weight is 253 g/mol. The molecule has 6 heteroatoms. The van der Waals surface area contributed by atoms with Crippen molar-refractivity contribution in [1.82, 2.24) is 5.32 Å². The Morgan fingerprint density at radius 1 is 1.56 bits per heavy atom. The first-order chi connectivity index (χ1) is 8.60. The van der Waals surface area contributed by atoms with Gasteiger partial charge in [0, 0.05) is 24.8 Å². The topological polar surface area (TPSA) is 58.4 Å². The monoisotopic (exact) mass is 253 g/mol. The minimum atomic E-state index is -0.562. The third-order valence-corrected chi connectivity index (χ3v) is 3.22. The van der Waals surface area contributed by atoms with Crippen molar-refractivity contribution >= 4 is 11.4 Å². The lowest BCUT2D eigenvalue weighted by Gasteiger charge is -2.18. The first kappa shape index (κ1) is 12.8. The molecule has 0 spiro atoms. The van der Waals surface area contributed by atoms with Gasteiger partial charge in [0.25, 0.3) is 5.69 Å². The summed E-state index contributed by atoms with van der Waals surface area (Å²) >= 11 is 0. The number of nitrogens with zero attached hydrogens (tertiary/aromatic N) is 2. The average Bonchev–Trinajstić information content (AvgIpc) is 2.77. The molecule has 1 aromatic rings. The Bertz CT molecular complexity index is 453. The van der Waals surface area contributed by atoms with E-state index in [0.717, 1.165) is 32.1 Å². The first-order valence-electron chi connectivity index (χ1n) is 5.94. The van der Waals surface area contributed by atoms with E-state index in [1.165, 1.54) is 12.1 Å². The van der Waals surface area contributed by atoms with Crippen LogP contribution in [0.1, 0.15) is 6.42 Å². The Balaban J connectivity index is 2.16. The van der Waals surface area contributed by atoms with Gasteiger partial charge in [0.05, 0.1) is 11.0 Å². The van der Waals surface area contributed by atoms with Crippen LogP contribution < -0.4 is 10.2 Å². The lowest BCUT2D eigenvalue weighted by atomic mass is 10.1. The molecule has 1 aliphatic rings. The van der Waals surface area contributed by atoms with Gasteiger partial charge in [-0.2, -0.15) is 0 Å². The van der Waals surface area contributed by atoms with Crippen molar-refractivity contribution in [3.8, 4) is 0 Å². The number of hydrogen-bond acceptors (Lipinski definition) is 4. The van der Waals surface area contributed by atoms with Crippen LogP contribution in [0.3, 0.4) is 0 Å². The highest BCUT2D eigenvalue weighted by atomic mass is 19.1. The van der Waals surface area contributed by atoms with Crippen molar-refractivity contribution in [3.05, 3.63) is 34.1 Å². The van der Waals surface area contributed by atoms with Gasteiger partial charge in [-0.1, -0.05) is 0 Å². The summed E-state index contributed by atoms with van der Waals surface area (Å²) in [5, 5.41) is 13.8. The molecule has 2 rings (SSSR count). The number of hydrogen-bond donors (Lipinski definition) is 1. The number of halogens is 1. The fourth-order valence-electron chi connectivity index (χ4n) is 2.37. The molecule has 1 heterocycles. The van der Waals surface area contributed by atoms with Gasteiger partial charge in [0.1, 0.15) is 5.82 Å². The maximum absolute atomic E-state index is 13.3. The zero-order valence-corrected chi connectivity index (χ0v) is 10.2. The summed E-state index contributed by atoms with van der Waals surface area (Å²) in [6.07, 6.45) is 1.02. The van der Waals surface area contributed by atoms with E-state index < -0.39 is 10.7 Å². The number of nitro benzene ring substituents is 1. The maximum Gasteiger partial charge on any atom is 0.274 e. The van der Waals surface area contributed by atoms with E-state index in [-0.39, 0.29) is 5.69 Å². The van der Waals surface area contributed by atoms with E-state index in [1.807, 2.05) is 11.9 Å². The van der Waals surface area contributed by atoms with Gasteiger partial charge in [-0.15, -0.1) is 0 Å². The van der Waals surface area contributed by atoms with Gasteiger partial charge in [-0.25, -0.2) is 4.39 Å². The third kappa shape index (κ3) is 2.76. The highest BCUT2D eigenvalue weighted by Gasteiger charge is 2.23. The highest BCUT2D eigenvalue weighted by molar-refractivity contribution is 5.54. The normalized spacial score (nSPS) is 19.2. The van der Waals surface area contributed by atoms with Crippen LogP contribution in [0.5, 0.6) is 0 Å². The van der Waals surface area contributed by atoms with Crippen molar-refractivity contribution in [2.45, 2.75) is 6.42 Å². The van der Waals surface area contributed by atoms with Crippen LogP contribution in [0.4, 0.5) is 15.8 Å². The number of non-ortho nitro benzene ring substituents is 1. The highest BCUT2D eigenvalue weighted by Crippen LogP contribution is 2.27. The zero-order valence-electron chi connectivity index (χ0n) is 10.2. The number of rotatable bonds is 4. The minimum absolute atomic E-state index is 0.193. The Morgan fingerprint density at radius 3 is 3.00 bits per heavy atom. The molecule has 5 nitrogen and oxygen atoms in total. The predicted octanol–water partition coefficient (Wildman–Crippen LogP) is 1.78. The van der Waals surface area contributed by atoms with E-state index in [9.17, 15) is 14.5 Å². The molecule has 98 valence electrons. The van der Waals surface area contributed by atoms with Gasteiger partial charge in [0.2, 0.25) is 0 Å². The summed E-state index contributed by atoms with van der Waals surface area (Å²) in [5.41, 5.74) is 0.405. The Labute approximate surface area is 105 Å². The molecule has 1 atom stereocenters. The standard InChI is InChI=1S/C12H16FN3O2/c1-14-7-9-2-3-15(8-9)11-4-10(13)5-12(6-11)16(17)18/h4-6,9,14H,2-3,7-8H2,1H3. The summed E-state index contributed by atoms with van der Waals surface area (Å²) < 4.78 is 13.3. The van der Waals surface area contributed by atoms with Gasteiger partial charge >= 0.3 is 0 Å². The van der Waals surface area contributed by atoms with E-state index in [0.29, 0.717) is 11.6 Å². The second-order valence-corrected chi connectivity index (χ2v) is 4.58. The molecule has 1 N–H and O–H groups in total. The Hall–Kier alpha value is -1.69. The van der Waals surface area contributed by atoms with Crippen molar-refractivity contribution in [3.63, 3.8) is 0 Å². The maximum atomic E-state index is 13.3. The van der Waals surface area contributed by atoms with Crippen LogP contribution in [0.2, 0.25) is 0 Å². The molecule has 1 saturated heterocycles. The number of benzene rings is 1. The van der Waals surface area contributed by atoms with Gasteiger partial charge in [-0.05, 0) is 32.0 Å². The van der Waals surface area contributed by atoms with Crippen LogP contribution in [0, 0.1) is 21.8 Å². The molecule has 0 bridgehead atoms. The fourth-order valence-corrected chi connectivity index (χ4v) is 2.37. The van der Waals surface area contributed by atoms with Crippen molar-refractivity contribution in [2.24, 2.45) is 5.92 Å². The molecule has 0 radical (unpaired) electrons. The second kappa shape index (κ2) is 5.30. The molecule has 0 saturated carbocycles. The van der Waals surface area contributed by atoms with E-state index in [4.69, 9.17) is 0 Å². The third-order valence-electron chi connectivity index (χ3n) is 3.22. The van der Waals surface area contributed by atoms with E-state index in [2.05, 4.69) is 5.32 Å². The molecule has 1 aliphatic heterocycles. The molecule has 0 aliphatic carbocycles. The quantitative estimate of drug-likeness (QED) is 0.656. The number of nitrogens with one attached hydrogen (secondary N) is 1. The summed E-state index contributed by atoms with van der Waals surface area (Å²) in [6.45, 7) is 2.53. The molecule has 1 fully saturated rings. The largest absolute Gasteiger partial charge is 0.371 e. The number of nitro groups is 1. The van der Waals surface area contributed by atoms with Crippen molar-refractivity contribution in [1.29, 1.82) is 0 Å². The molecule has 1 aromatic carbocycles. The van der Waals surface area contributed by atoms with Crippen LogP contribution >= 0.6 is 0 Å². The van der Waals surface area contributed by atoms with Crippen molar-refractivity contribution < 1.29 is 9.31 Å². The van der Waals surface area contributed by atoms with Gasteiger partial charge in [-0.3, -0.25) is 10.1 Å². The first-order valence-corrected chi connectivity index (χ1v) is 5.94. The Kier molecular flexibility index (Phi) is 3.76. The van der Waals surface area contributed by atoms with Crippen molar-refractivity contribution in [2.75, 3.05) is 31.6 Å². The van der Waals surface area contributed by atoms with Gasteiger partial charge < -0.3 is 10.2 Å². The van der Waals surface area contributed by atoms with E-state index in [1.54, 1.807) is 0 Å². The fraction of sp³-hybridized carbons (Fsp3) is 0.500. The van der Waals surface area contributed by atoms with Crippen LogP contribution in [-0.4, -0.2) is 31.6 Å². The minimum Gasteiger partial charge on any atom is -0.371 e. The zero-order chi connectivity index (χ0) is 13.1. The Morgan fingerprint density at radius 2 is 2.33 bits per heavy atom. The molecule has 1 unspecified atom stereocenters.